The minimum Gasteiger partial charge on any atom is -0.303 e. The van der Waals surface area contributed by atoms with Crippen molar-refractivity contribution in [1.82, 2.24) is 4.90 Å². The van der Waals surface area contributed by atoms with Crippen LogP contribution in [0.5, 0.6) is 0 Å². The van der Waals surface area contributed by atoms with Gasteiger partial charge in [-0.2, -0.15) is 12.6 Å². The Bertz CT molecular complexity index is 145. The Hall–Kier alpha value is 0.310. The van der Waals surface area contributed by atoms with E-state index in [1.54, 1.807) is 0 Å². The van der Waals surface area contributed by atoms with Gasteiger partial charge in [-0.15, -0.1) is 0 Å². The van der Waals surface area contributed by atoms with Gasteiger partial charge in [0.15, 0.2) is 0 Å². The predicted molar refractivity (Wildman–Crippen MR) is 62.5 cm³/mol. The fraction of sp³-hybridized carbons (Fsp3) is 1.00. The normalized spacial score (nSPS) is 23.3. The number of piperidine rings is 1. The van der Waals surface area contributed by atoms with Crippen molar-refractivity contribution >= 4 is 12.6 Å². The van der Waals surface area contributed by atoms with Crippen LogP contribution in [0.3, 0.4) is 0 Å². The van der Waals surface area contributed by atoms with Crippen LogP contribution in [0.2, 0.25) is 0 Å². The minimum atomic E-state index is 0.555. The highest BCUT2D eigenvalue weighted by Crippen LogP contribution is 2.28. The molecule has 2 heteroatoms. The maximum Gasteiger partial charge on any atom is 0.00327 e. The van der Waals surface area contributed by atoms with E-state index < -0.39 is 0 Å². The first-order valence-corrected chi connectivity index (χ1v) is 6.10. The summed E-state index contributed by atoms with van der Waals surface area (Å²) in [5.41, 5.74) is 0.555. The molecule has 1 saturated heterocycles. The first-order chi connectivity index (χ1) is 6.14. The quantitative estimate of drug-likeness (QED) is 0.541. The SMILES string of the molecule is CC1(C)CCCN(CCCCS)C1. The third-order valence-electron chi connectivity index (χ3n) is 2.86. The molecule has 0 saturated carbocycles. The molecule has 0 aromatic heterocycles. The van der Waals surface area contributed by atoms with E-state index >= 15 is 0 Å². The lowest BCUT2D eigenvalue weighted by Crippen LogP contribution is -2.40. The number of rotatable bonds is 4. The number of hydrogen-bond acceptors (Lipinski definition) is 2. The molecule has 0 aromatic rings. The monoisotopic (exact) mass is 201 g/mol. The third-order valence-corrected chi connectivity index (χ3v) is 3.18. The zero-order chi connectivity index (χ0) is 9.73. The first kappa shape index (κ1) is 11.4. The van der Waals surface area contributed by atoms with Gasteiger partial charge < -0.3 is 4.90 Å². The van der Waals surface area contributed by atoms with Crippen LogP contribution in [-0.2, 0) is 0 Å². The molecule has 0 aliphatic carbocycles. The minimum absolute atomic E-state index is 0.555. The Balaban J connectivity index is 2.19. The first-order valence-electron chi connectivity index (χ1n) is 5.47. The van der Waals surface area contributed by atoms with Crippen molar-refractivity contribution in [2.75, 3.05) is 25.4 Å². The Morgan fingerprint density at radius 2 is 2.08 bits per heavy atom. The highest BCUT2D eigenvalue weighted by molar-refractivity contribution is 7.80. The van der Waals surface area contributed by atoms with Crippen molar-refractivity contribution < 1.29 is 0 Å². The highest BCUT2D eigenvalue weighted by Gasteiger charge is 2.25. The van der Waals surface area contributed by atoms with Crippen molar-refractivity contribution in [2.24, 2.45) is 5.41 Å². The molecule has 1 heterocycles. The van der Waals surface area contributed by atoms with Gasteiger partial charge in [0.25, 0.3) is 0 Å². The molecule has 0 N–H and O–H groups in total. The second-order valence-corrected chi connectivity index (χ2v) is 5.42. The summed E-state index contributed by atoms with van der Waals surface area (Å²) in [6, 6.07) is 0. The van der Waals surface area contributed by atoms with Crippen molar-refractivity contribution in [3.63, 3.8) is 0 Å². The van der Waals surface area contributed by atoms with E-state index in [9.17, 15) is 0 Å². The lowest BCUT2D eigenvalue weighted by atomic mass is 9.84. The van der Waals surface area contributed by atoms with Crippen LogP contribution in [-0.4, -0.2) is 30.3 Å². The van der Waals surface area contributed by atoms with Gasteiger partial charge in [0.1, 0.15) is 0 Å². The van der Waals surface area contributed by atoms with Gasteiger partial charge in [0, 0.05) is 6.54 Å². The maximum absolute atomic E-state index is 4.23. The lowest BCUT2D eigenvalue weighted by Gasteiger charge is -2.38. The Kier molecular flexibility index (Phi) is 4.60. The average Bonchev–Trinajstić information content (AvgIpc) is 2.03. The van der Waals surface area contributed by atoms with Crippen molar-refractivity contribution in [3.8, 4) is 0 Å². The van der Waals surface area contributed by atoms with E-state index in [1.165, 1.54) is 45.3 Å². The molecule has 13 heavy (non-hydrogen) atoms. The zero-order valence-corrected chi connectivity index (χ0v) is 9.95. The molecule has 0 bridgehead atoms. The molecule has 78 valence electrons. The second kappa shape index (κ2) is 5.26. The summed E-state index contributed by atoms with van der Waals surface area (Å²) in [4.78, 5) is 2.62. The standard InChI is InChI=1S/C11H23NS/c1-11(2)6-5-8-12(10-11)7-3-4-9-13/h13H,3-10H2,1-2H3. The molecular weight excluding hydrogens is 178 g/mol. The number of unbranched alkanes of at least 4 members (excludes halogenated alkanes) is 1. The van der Waals surface area contributed by atoms with E-state index in [0.717, 1.165) is 5.75 Å². The van der Waals surface area contributed by atoms with E-state index in [4.69, 9.17) is 0 Å². The molecule has 0 amide bonds. The van der Waals surface area contributed by atoms with Crippen molar-refractivity contribution in [3.05, 3.63) is 0 Å². The summed E-state index contributed by atoms with van der Waals surface area (Å²) >= 11 is 4.23. The van der Waals surface area contributed by atoms with Crippen LogP contribution in [0.4, 0.5) is 0 Å². The van der Waals surface area contributed by atoms with Gasteiger partial charge in [0.05, 0.1) is 0 Å². The van der Waals surface area contributed by atoms with Gasteiger partial charge in [-0.1, -0.05) is 13.8 Å². The average molecular weight is 201 g/mol. The molecule has 1 aliphatic rings. The second-order valence-electron chi connectivity index (χ2n) is 4.97. The molecule has 0 aromatic carbocycles. The van der Waals surface area contributed by atoms with E-state index in [1.807, 2.05) is 0 Å². The number of hydrogen-bond donors (Lipinski definition) is 1. The summed E-state index contributed by atoms with van der Waals surface area (Å²) in [5, 5.41) is 0. The molecule has 0 spiro atoms. The van der Waals surface area contributed by atoms with Crippen molar-refractivity contribution in [1.29, 1.82) is 0 Å². The molecule has 1 aliphatic heterocycles. The third kappa shape index (κ3) is 4.37. The predicted octanol–water partition coefficient (Wildman–Crippen LogP) is 2.82. The largest absolute Gasteiger partial charge is 0.303 e. The lowest BCUT2D eigenvalue weighted by molar-refractivity contribution is 0.116. The van der Waals surface area contributed by atoms with Gasteiger partial charge in [-0.25, -0.2) is 0 Å². The molecule has 1 nitrogen and oxygen atoms in total. The topological polar surface area (TPSA) is 3.24 Å². The van der Waals surface area contributed by atoms with Gasteiger partial charge >= 0.3 is 0 Å². The van der Waals surface area contributed by atoms with Crippen LogP contribution in [0.1, 0.15) is 39.5 Å². The molecule has 1 fully saturated rings. The Morgan fingerprint density at radius 3 is 2.69 bits per heavy atom. The van der Waals surface area contributed by atoms with Crippen LogP contribution in [0.15, 0.2) is 0 Å². The van der Waals surface area contributed by atoms with E-state index in [0.29, 0.717) is 5.41 Å². The molecule has 1 rings (SSSR count). The van der Waals surface area contributed by atoms with Gasteiger partial charge in [-0.3, -0.25) is 0 Å². The Morgan fingerprint density at radius 1 is 1.31 bits per heavy atom. The Labute approximate surface area is 88.3 Å². The summed E-state index contributed by atoms with van der Waals surface area (Å²) < 4.78 is 0. The maximum atomic E-state index is 4.23. The summed E-state index contributed by atoms with van der Waals surface area (Å²) in [7, 11) is 0. The van der Waals surface area contributed by atoms with Crippen LogP contribution >= 0.6 is 12.6 Å². The van der Waals surface area contributed by atoms with Crippen LogP contribution in [0.25, 0.3) is 0 Å². The van der Waals surface area contributed by atoms with Gasteiger partial charge in [0.2, 0.25) is 0 Å². The smallest absolute Gasteiger partial charge is 0.00327 e. The molecule has 0 unspecified atom stereocenters. The van der Waals surface area contributed by atoms with Crippen molar-refractivity contribution in [2.45, 2.75) is 39.5 Å². The molecule has 0 atom stereocenters. The van der Waals surface area contributed by atoms with E-state index in [-0.39, 0.29) is 0 Å². The summed E-state index contributed by atoms with van der Waals surface area (Å²) in [5.74, 6) is 1.04. The summed E-state index contributed by atoms with van der Waals surface area (Å²) in [6.45, 7) is 8.66. The number of nitrogens with zero attached hydrogens (tertiary/aromatic N) is 1. The molecule has 0 radical (unpaired) electrons. The zero-order valence-electron chi connectivity index (χ0n) is 9.05. The highest BCUT2D eigenvalue weighted by atomic mass is 32.1. The van der Waals surface area contributed by atoms with Gasteiger partial charge in [-0.05, 0) is 49.9 Å². The number of thiol groups is 1. The molecular formula is C11H23NS. The van der Waals surface area contributed by atoms with E-state index in [2.05, 4.69) is 31.4 Å². The fourth-order valence-corrected chi connectivity index (χ4v) is 2.41. The van der Waals surface area contributed by atoms with Crippen LogP contribution in [0, 0.1) is 5.41 Å². The summed E-state index contributed by atoms with van der Waals surface area (Å²) in [6.07, 6.45) is 5.36. The fourth-order valence-electron chi connectivity index (χ4n) is 2.18. The number of likely N-dealkylation sites (tertiary alicyclic amines) is 1. The van der Waals surface area contributed by atoms with Crippen LogP contribution < -0.4 is 0 Å².